The molecule has 5 heteroatoms. The van der Waals surface area contributed by atoms with Crippen LogP contribution in [0.15, 0.2) is 133 Å². The second-order valence-corrected chi connectivity index (χ2v) is 18.0. The summed E-state index contributed by atoms with van der Waals surface area (Å²) in [5.41, 5.74) is -15.1. The first-order valence-corrected chi connectivity index (χ1v) is 21.1. The molecule has 0 unspecified atom stereocenters. The van der Waals surface area contributed by atoms with E-state index in [1.807, 2.05) is 65.0 Å². The molecule has 67 heavy (non-hydrogen) atoms. The maximum Gasteiger partial charge on any atom is 0.148 e. The Labute approximate surface area is 458 Å². The van der Waals surface area contributed by atoms with E-state index in [0.29, 0.717) is 23.6 Å². The number of hydrogen-bond donors (Lipinski definition) is 1. The van der Waals surface area contributed by atoms with Crippen LogP contribution in [0, 0.1) is 12.0 Å². The number of pyridine rings is 1. The van der Waals surface area contributed by atoms with Crippen LogP contribution in [0.25, 0.3) is 72.7 Å². The van der Waals surface area contributed by atoms with Gasteiger partial charge in [0.05, 0.1) is 22.1 Å². The third kappa shape index (κ3) is 10.3. The number of aromatic nitrogens is 3. The van der Waals surface area contributed by atoms with Gasteiger partial charge >= 0.3 is 0 Å². The van der Waals surface area contributed by atoms with Crippen molar-refractivity contribution in [2.24, 2.45) is 5.92 Å². The number of hydrogen-bond acceptors (Lipinski definition) is 3. The van der Waals surface area contributed by atoms with Crippen LogP contribution in [0.2, 0.25) is 0 Å². The average Bonchev–Trinajstić information content (AvgIpc) is 0.755. The summed E-state index contributed by atoms with van der Waals surface area (Å²) >= 11 is 0. The minimum atomic E-state index is -4.24. The van der Waals surface area contributed by atoms with Crippen LogP contribution < -0.4 is 0 Å². The minimum absolute atomic E-state index is 0. The third-order valence-corrected chi connectivity index (χ3v) is 11.3. The van der Waals surface area contributed by atoms with E-state index in [-0.39, 0.29) is 77.7 Å². The molecule has 0 amide bonds. The normalized spacial score (nSPS) is 21.0. The fourth-order valence-electron chi connectivity index (χ4n) is 7.96. The predicted octanol–water partition coefficient (Wildman–Crippen LogP) is 16.6. The van der Waals surface area contributed by atoms with Crippen LogP contribution in [0.5, 0.6) is 5.75 Å². The summed E-state index contributed by atoms with van der Waals surface area (Å²) in [6.45, 7) is -27.5. The van der Waals surface area contributed by atoms with Gasteiger partial charge < -0.3 is 5.11 Å². The number of para-hydroxylation sites is 1. The zero-order chi connectivity index (χ0) is 73.5. The van der Waals surface area contributed by atoms with Gasteiger partial charge in [-0.1, -0.05) is 192 Å². The number of imidazole rings is 1. The SMILES string of the molecule is [2H]c1c([2H])c(C(C([2H])([2H])[2H])(C([2H])([2H])[2H])C([2H])([2H])[2H])c([2H])c([2H])c1-c1ccnc(-c2[c-]c(-c3cccc4c3nc(-c3cc(C(C([2H])([2H])[2H])(C([2H])([2H])[2H])C([2H])([2H])[2H])cc(C(C([2H])([2H])[2H])(C([2H])([2H])[2H])C([2H])([2H])[2H])c3O)n4-c3ccc(-c4ccccc4)c(CC(C)C)c3)cc(C(C)(C)C)c2)c1.[Pt]. The van der Waals surface area contributed by atoms with E-state index in [4.69, 9.17) is 44.7 Å². The Morgan fingerprint density at radius 1 is 0.627 bits per heavy atom. The van der Waals surface area contributed by atoms with E-state index in [2.05, 4.69) is 11.1 Å². The molecule has 2 aromatic heterocycles. The molecule has 0 aliphatic carbocycles. The van der Waals surface area contributed by atoms with Gasteiger partial charge in [0.25, 0.3) is 0 Å². The van der Waals surface area contributed by atoms with E-state index < -0.39 is 147 Å². The number of phenolic OH excluding ortho intramolecular Hbond substituents is 1. The molecule has 0 radical (unpaired) electrons. The average molecular weight is 1100 g/mol. The number of aromatic hydroxyl groups is 1. The van der Waals surface area contributed by atoms with Gasteiger partial charge in [0, 0.05) is 81.2 Å². The summed E-state index contributed by atoms with van der Waals surface area (Å²) in [6, 6.07) is 24.8. The number of fused-ring (bicyclic) bond motifs is 1. The Hall–Kier alpha value is -5.57. The van der Waals surface area contributed by atoms with Gasteiger partial charge in [-0.2, -0.15) is 0 Å². The van der Waals surface area contributed by atoms with E-state index in [0.717, 1.165) is 11.1 Å². The van der Waals surface area contributed by atoms with E-state index in [1.54, 1.807) is 48.5 Å². The molecule has 0 saturated carbocycles. The van der Waals surface area contributed by atoms with Gasteiger partial charge in [-0.15, -0.1) is 29.3 Å². The van der Waals surface area contributed by atoms with Crippen LogP contribution in [-0.2, 0) is 49.1 Å². The number of nitrogens with zero attached hydrogens (tertiary/aromatic N) is 3. The van der Waals surface area contributed by atoms with E-state index >= 15 is 0 Å². The largest absolute Gasteiger partial charge is 0.507 e. The summed E-state index contributed by atoms with van der Waals surface area (Å²) in [5, 5.41) is 13.1. The van der Waals surface area contributed by atoms with Crippen molar-refractivity contribution in [3.05, 3.63) is 167 Å². The van der Waals surface area contributed by atoms with Gasteiger partial charge in [0.15, 0.2) is 0 Å². The smallest absolute Gasteiger partial charge is 0.148 e. The summed E-state index contributed by atoms with van der Waals surface area (Å²) in [5.74, 6) is -2.05. The first-order chi connectivity index (χ1) is 43.9. The number of phenols is 1. The molecule has 1 N–H and O–H groups in total. The second kappa shape index (κ2) is 18.5. The number of rotatable bonds is 8. The van der Waals surface area contributed by atoms with Crippen LogP contribution in [0.4, 0.5) is 0 Å². The summed E-state index contributed by atoms with van der Waals surface area (Å²) in [4.78, 5) is 9.66. The van der Waals surface area contributed by atoms with Crippen LogP contribution in [-0.4, -0.2) is 19.6 Å². The van der Waals surface area contributed by atoms with Crippen molar-refractivity contribution in [3.8, 4) is 67.5 Å². The Morgan fingerprint density at radius 3 is 1.97 bits per heavy atom. The summed E-state index contributed by atoms with van der Waals surface area (Å²) < 4.78 is 270. The van der Waals surface area contributed by atoms with Crippen molar-refractivity contribution in [2.75, 3.05) is 0 Å². The third-order valence-electron chi connectivity index (χ3n) is 11.3. The fraction of sp³-hybridized carbons (Fsp3) is 0.323. The van der Waals surface area contributed by atoms with E-state index in [1.165, 1.54) is 22.9 Å². The molecule has 0 spiro atoms. The zero-order valence-electron chi connectivity index (χ0n) is 68.3. The maximum absolute atomic E-state index is 13.1. The molecule has 2 heterocycles. The minimum Gasteiger partial charge on any atom is -0.507 e. The first-order valence-electron chi connectivity index (χ1n) is 36.6. The Kier molecular flexibility index (Phi) is 6.39. The van der Waals surface area contributed by atoms with Crippen molar-refractivity contribution in [1.29, 1.82) is 0 Å². The molecule has 6 aromatic carbocycles. The Bertz CT molecular complexity index is 4190. The number of benzene rings is 6. The topological polar surface area (TPSA) is 50.9 Å². The summed E-state index contributed by atoms with van der Waals surface area (Å²) in [6.07, 6.45) is 1.64. The van der Waals surface area contributed by atoms with Gasteiger partial charge in [-0.3, -0.25) is 9.55 Å². The molecular formula is C62H68N3OPt-. The molecular weight excluding hydrogens is 998 g/mol. The molecule has 4 nitrogen and oxygen atoms in total. The molecule has 0 saturated heterocycles. The molecule has 8 aromatic rings. The van der Waals surface area contributed by atoms with Crippen LogP contribution in [0.3, 0.4) is 0 Å². The second-order valence-electron chi connectivity index (χ2n) is 18.0. The molecule has 0 fully saturated rings. The van der Waals surface area contributed by atoms with Crippen LogP contribution >= 0.6 is 0 Å². The van der Waals surface area contributed by atoms with Gasteiger partial charge in [-0.25, -0.2) is 4.98 Å². The predicted molar refractivity (Wildman–Crippen MR) is 280 cm³/mol. The Balaban J connectivity index is 0.0000135. The van der Waals surface area contributed by atoms with Crippen molar-refractivity contribution in [2.45, 2.75) is 124 Å². The Morgan fingerprint density at radius 2 is 1.30 bits per heavy atom. The van der Waals surface area contributed by atoms with E-state index in [9.17, 15) is 7.85 Å². The van der Waals surface area contributed by atoms with Gasteiger partial charge in [0.2, 0.25) is 0 Å². The van der Waals surface area contributed by atoms with Crippen molar-refractivity contribution < 1.29 is 68.7 Å². The van der Waals surface area contributed by atoms with Gasteiger partial charge in [-0.05, 0) is 103 Å². The molecule has 348 valence electrons. The van der Waals surface area contributed by atoms with Gasteiger partial charge in [0.1, 0.15) is 11.6 Å². The molecule has 0 atom stereocenters. The van der Waals surface area contributed by atoms with Crippen molar-refractivity contribution >= 4 is 11.0 Å². The van der Waals surface area contributed by atoms with Crippen molar-refractivity contribution in [3.63, 3.8) is 0 Å². The summed E-state index contributed by atoms with van der Waals surface area (Å²) in [7, 11) is 0. The standard InChI is InChI=1S/C62H68N3O.Pt/c1-39(2)31-43-35-49(27-28-50(43)41-19-16-15-17-20-41)65-55-22-18-21-51(56(55)64-58(65)52-37-48(61(9,10)11)38-53(57(52)66)62(12,13)14)44-32-45(34-47(33-44)60(6,7)8)54-36-42(29-30-63-54)40-23-25-46(26-24-40)59(3,4)5;/h15-30,33-39,66H,31H2,1-14H3;/q-1;/i3D3,4D3,5D3,9D3,10D3,11D3,12D3,13D3,14D3,23D,24D,25D,26D;. The zero-order valence-corrected chi connectivity index (χ0v) is 39.6. The fourth-order valence-corrected chi connectivity index (χ4v) is 7.96. The molecule has 0 aliphatic rings. The quantitative estimate of drug-likeness (QED) is 0.154. The first kappa shape index (κ1) is 23.2. The monoisotopic (exact) mass is 1100 g/mol. The maximum atomic E-state index is 13.1. The molecule has 0 aliphatic heterocycles. The van der Waals surface area contributed by atoms with Crippen LogP contribution in [0.1, 0.15) is 167 Å². The molecule has 8 rings (SSSR count). The van der Waals surface area contributed by atoms with Crippen molar-refractivity contribution in [1.82, 2.24) is 14.5 Å². The molecule has 0 bridgehead atoms.